The Morgan fingerprint density at radius 1 is 1.21 bits per heavy atom. The van der Waals surface area contributed by atoms with Gasteiger partial charge in [-0.05, 0) is 43.7 Å². The summed E-state index contributed by atoms with van der Waals surface area (Å²) in [6.45, 7) is 3.45. The maximum absolute atomic E-state index is 5.36. The van der Waals surface area contributed by atoms with Crippen LogP contribution >= 0.6 is 11.8 Å². The number of rotatable bonds is 6. The molecule has 1 aromatic rings. The molecule has 1 aliphatic rings. The molecule has 3 heteroatoms. The van der Waals surface area contributed by atoms with Crippen LogP contribution in [-0.2, 0) is 0 Å². The fraction of sp³-hybridized carbons (Fsp3) is 0.625. The van der Waals surface area contributed by atoms with Crippen LogP contribution in [0.25, 0.3) is 0 Å². The average molecular weight is 279 g/mol. The molecule has 0 heterocycles. The second-order valence-electron chi connectivity index (χ2n) is 5.41. The van der Waals surface area contributed by atoms with Gasteiger partial charge in [-0.15, -0.1) is 11.8 Å². The Morgan fingerprint density at radius 3 is 2.68 bits per heavy atom. The number of thioether (sulfide) groups is 1. The summed E-state index contributed by atoms with van der Waals surface area (Å²) in [6.07, 6.45) is 5.47. The molecule has 19 heavy (non-hydrogen) atoms. The molecule has 2 nitrogen and oxygen atoms in total. The SMILES string of the molecule is COc1ccccc1SCCNC1CCC(C)CC1. The van der Waals surface area contributed by atoms with E-state index in [1.807, 2.05) is 23.9 Å². The molecule has 0 unspecified atom stereocenters. The molecule has 0 radical (unpaired) electrons. The summed E-state index contributed by atoms with van der Waals surface area (Å²) in [6, 6.07) is 8.99. The largest absolute Gasteiger partial charge is 0.496 e. The second-order valence-corrected chi connectivity index (χ2v) is 6.55. The van der Waals surface area contributed by atoms with Crippen LogP contribution in [0.2, 0.25) is 0 Å². The molecule has 0 atom stereocenters. The van der Waals surface area contributed by atoms with E-state index in [-0.39, 0.29) is 0 Å². The van der Waals surface area contributed by atoms with E-state index in [1.54, 1.807) is 7.11 Å². The van der Waals surface area contributed by atoms with E-state index in [0.717, 1.165) is 30.0 Å². The van der Waals surface area contributed by atoms with Crippen LogP contribution in [0, 0.1) is 5.92 Å². The van der Waals surface area contributed by atoms with Crippen molar-refractivity contribution in [2.45, 2.75) is 43.5 Å². The quantitative estimate of drug-likeness (QED) is 0.629. The van der Waals surface area contributed by atoms with Crippen LogP contribution in [-0.4, -0.2) is 25.4 Å². The van der Waals surface area contributed by atoms with Gasteiger partial charge in [0.05, 0.1) is 7.11 Å². The van der Waals surface area contributed by atoms with Gasteiger partial charge in [-0.1, -0.05) is 19.1 Å². The van der Waals surface area contributed by atoms with E-state index >= 15 is 0 Å². The molecule has 0 aromatic heterocycles. The highest BCUT2D eigenvalue weighted by Crippen LogP contribution is 2.28. The van der Waals surface area contributed by atoms with Gasteiger partial charge in [-0.3, -0.25) is 0 Å². The minimum atomic E-state index is 0.745. The van der Waals surface area contributed by atoms with Crippen molar-refractivity contribution >= 4 is 11.8 Å². The molecule has 1 N–H and O–H groups in total. The first-order valence-corrected chi connectivity index (χ1v) is 8.27. The molecule has 0 amide bonds. The molecular formula is C16H25NOS. The zero-order chi connectivity index (χ0) is 13.5. The summed E-state index contributed by atoms with van der Waals surface area (Å²) in [4.78, 5) is 1.24. The van der Waals surface area contributed by atoms with Crippen LogP contribution in [0.1, 0.15) is 32.6 Å². The molecule has 0 bridgehead atoms. The highest BCUT2D eigenvalue weighted by Gasteiger charge is 2.17. The standard InChI is InChI=1S/C16H25NOS/c1-13-7-9-14(10-8-13)17-11-12-19-16-6-4-3-5-15(16)18-2/h3-6,13-14,17H,7-12H2,1-2H3. The third-order valence-electron chi connectivity index (χ3n) is 3.88. The fourth-order valence-corrected chi connectivity index (χ4v) is 3.53. The Bertz CT molecular complexity index is 375. The third kappa shape index (κ3) is 4.73. The lowest BCUT2D eigenvalue weighted by Crippen LogP contribution is -2.34. The molecule has 0 spiro atoms. The van der Waals surface area contributed by atoms with E-state index in [9.17, 15) is 0 Å². The Hall–Kier alpha value is -0.670. The van der Waals surface area contributed by atoms with Crippen LogP contribution < -0.4 is 10.1 Å². The molecule has 0 aliphatic heterocycles. The maximum Gasteiger partial charge on any atom is 0.132 e. The smallest absolute Gasteiger partial charge is 0.132 e. The van der Waals surface area contributed by atoms with Crippen molar-refractivity contribution in [2.24, 2.45) is 5.92 Å². The Labute approximate surface area is 121 Å². The number of para-hydroxylation sites is 1. The molecule has 1 aromatic carbocycles. The van der Waals surface area contributed by atoms with E-state index in [4.69, 9.17) is 4.74 Å². The van der Waals surface area contributed by atoms with Gasteiger partial charge in [0.15, 0.2) is 0 Å². The normalized spacial score (nSPS) is 23.3. The van der Waals surface area contributed by atoms with Gasteiger partial charge >= 0.3 is 0 Å². The lowest BCUT2D eigenvalue weighted by molar-refractivity contribution is 0.312. The number of methoxy groups -OCH3 is 1. The number of benzene rings is 1. The van der Waals surface area contributed by atoms with Crippen molar-refractivity contribution in [3.8, 4) is 5.75 Å². The van der Waals surface area contributed by atoms with Crippen molar-refractivity contribution in [3.63, 3.8) is 0 Å². The van der Waals surface area contributed by atoms with Crippen LogP contribution in [0.4, 0.5) is 0 Å². The summed E-state index contributed by atoms with van der Waals surface area (Å²) >= 11 is 1.87. The molecule has 1 saturated carbocycles. The summed E-state index contributed by atoms with van der Waals surface area (Å²) in [5.41, 5.74) is 0. The average Bonchev–Trinajstić information content (AvgIpc) is 2.46. The summed E-state index contributed by atoms with van der Waals surface area (Å²) in [5.74, 6) is 3.02. The van der Waals surface area contributed by atoms with E-state index < -0.39 is 0 Å². The number of nitrogens with one attached hydrogen (secondary N) is 1. The first kappa shape index (κ1) is 14.7. The van der Waals surface area contributed by atoms with Crippen LogP contribution in [0.5, 0.6) is 5.75 Å². The Kier molecular flexibility index (Phi) is 6.05. The summed E-state index contributed by atoms with van der Waals surface area (Å²) < 4.78 is 5.36. The van der Waals surface area contributed by atoms with Gasteiger partial charge in [0, 0.05) is 23.2 Å². The first-order valence-electron chi connectivity index (χ1n) is 7.29. The van der Waals surface area contributed by atoms with Gasteiger partial charge in [0.25, 0.3) is 0 Å². The van der Waals surface area contributed by atoms with Crippen molar-refractivity contribution in [1.29, 1.82) is 0 Å². The van der Waals surface area contributed by atoms with Crippen molar-refractivity contribution in [3.05, 3.63) is 24.3 Å². The third-order valence-corrected chi connectivity index (χ3v) is 4.93. The molecule has 1 aliphatic carbocycles. The monoisotopic (exact) mass is 279 g/mol. The predicted octanol–water partition coefficient (Wildman–Crippen LogP) is 3.96. The van der Waals surface area contributed by atoms with Gasteiger partial charge in [0.2, 0.25) is 0 Å². The minimum Gasteiger partial charge on any atom is -0.496 e. The van der Waals surface area contributed by atoms with Gasteiger partial charge in [-0.2, -0.15) is 0 Å². The van der Waals surface area contributed by atoms with Crippen LogP contribution in [0.15, 0.2) is 29.2 Å². The zero-order valence-electron chi connectivity index (χ0n) is 12.0. The molecule has 0 saturated heterocycles. The summed E-state index contributed by atoms with van der Waals surface area (Å²) in [5, 5.41) is 3.69. The summed E-state index contributed by atoms with van der Waals surface area (Å²) in [7, 11) is 1.74. The van der Waals surface area contributed by atoms with Crippen molar-refractivity contribution in [2.75, 3.05) is 19.4 Å². The zero-order valence-corrected chi connectivity index (χ0v) is 12.8. The molecule has 106 valence electrons. The number of hydrogen-bond donors (Lipinski definition) is 1. The Balaban J connectivity index is 1.66. The second kappa shape index (κ2) is 7.81. The topological polar surface area (TPSA) is 21.3 Å². The van der Waals surface area contributed by atoms with Crippen LogP contribution in [0.3, 0.4) is 0 Å². The first-order chi connectivity index (χ1) is 9.29. The lowest BCUT2D eigenvalue weighted by atomic mass is 9.87. The number of ether oxygens (including phenoxy) is 1. The lowest BCUT2D eigenvalue weighted by Gasteiger charge is -2.27. The van der Waals surface area contributed by atoms with Gasteiger partial charge < -0.3 is 10.1 Å². The van der Waals surface area contributed by atoms with Gasteiger partial charge in [0.1, 0.15) is 5.75 Å². The predicted molar refractivity (Wildman–Crippen MR) is 83.1 cm³/mol. The number of hydrogen-bond acceptors (Lipinski definition) is 3. The highest BCUT2D eigenvalue weighted by atomic mass is 32.2. The minimum absolute atomic E-state index is 0.745. The Morgan fingerprint density at radius 2 is 1.95 bits per heavy atom. The van der Waals surface area contributed by atoms with Crippen molar-refractivity contribution in [1.82, 2.24) is 5.32 Å². The van der Waals surface area contributed by atoms with Crippen molar-refractivity contribution < 1.29 is 4.74 Å². The molecule has 1 fully saturated rings. The maximum atomic E-state index is 5.36. The molecular weight excluding hydrogens is 254 g/mol. The van der Waals surface area contributed by atoms with Gasteiger partial charge in [-0.25, -0.2) is 0 Å². The van der Waals surface area contributed by atoms with E-state index in [2.05, 4.69) is 24.4 Å². The highest BCUT2D eigenvalue weighted by molar-refractivity contribution is 7.99. The fourth-order valence-electron chi connectivity index (χ4n) is 2.63. The van der Waals surface area contributed by atoms with E-state index in [1.165, 1.54) is 30.6 Å². The van der Waals surface area contributed by atoms with E-state index in [0.29, 0.717) is 0 Å². The molecule has 2 rings (SSSR count).